The summed E-state index contributed by atoms with van der Waals surface area (Å²) in [6.07, 6.45) is -0.0446. The first-order valence-electron chi connectivity index (χ1n) is 8.70. The van der Waals surface area contributed by atoms with E-state index in [2.05, 4.69) is 5.32 Å². The van der Waals surface area contributed by atoms with Gasteiger partial charge in [-0.1, -0.05) is 37.3 Å². The molecule has 6 heteroatoms. The van der Waals surface area contributed by atoms with Crippen LogP contribution in [0.15, 0.2) is 30.3 Å². The van der Waals surface area contributed by atoms with Gasteiger partial charge in [0.25, 0.3) is 0 Å². The van der Waals surface area contributed by atoms with Crippen molar-refractivity contribution < 1.29 is 19.1 Å². The van der Waals surface area contributed by atoms with Gasteiger partial charge in [-0.05, 0) is 38.7 Å². The van der Waals surface area contributed by atoms with Gasteiger partial charge in [-0.25, -0.2) is 9.59 Å². The van der Waals surface area contributed by atoms with Crippen molar-refractivity contribution in [2.45, 2.75) is 52.4 Å². The third kappa shape index (κ3) is 6.29. The van der Waals surface area contributed by atoms with Crippen molar-refractivity contribution in [3.63, 3.8) is 0 Å². The minimum absolute atomic E-state index is 0.0121. The molecule has 0 aliphatic carbocycles. The summed E-state index contributed by atoms with van der Waals surface area (Å²) in [7, 11) is 0. The lowest BCUT2D eigenvalue weighted by Crippen LogP contribution is -2.52. The van der Waals surface area contributed by atoms with E-state index in [1.165, 1.54) is 0 Å². The van der Waals surface area contributed by atoms with Crippen molar-refractivity contribution in [2.75, 3.05) is 13.1 Å². The molecule has 0 spiro atoms. The van der Waals surface area contributed by atoms with E-state index in [-0.39, 0.29) is 24.7 Å². The summed E-state index contributed by atoms with van der Waals surface area (Å²) in [5, 5.41) is 2.91. The van der Waals surface area contributed by atoms with Crippen molar-refractivity contribution in [3.8, 4) is 0 Å². The lowest BCUT2D eigenvalue weighted by Gasteiger charge is -2.37. The van der Waals surface area contributed by atoms with Gasteiger partial charge in [-0.3, -0.25) is 0 Å². The number of amides is 2. The number of carbonyl (C=O) groups excluding carboxylic acids is 2. The summed E-state index contributed by atoms with van der Waals surface area (Å²) in [5.74, 6) is 0.130. The molecule has 0 aromatic heterocycles. The zero-order valence-electron chi connectivity index (χ0n) is 15.5. The van der Waals surface area contributed by atoms with Crippen LogP contribution in [0.3, 0.4) is 0 Å². The van der Waals surface area contributed by atoms with Crippen LogP contribution in [0.2, 0.25) is 0 Å². The number of likely N-dealkylation sites (tertiary alicyclic amines) is 1. The number of alkyl carbamates (subject to hydrolysis) is 1. The molecule has 0 saturated carbocycles. The molecule has 1 fully saturated rings. The minimum Gasteiger partial charge on any atom is -0.445 e. The molecule has 0 bridgehead atoms. The molecule has 0 unspecified atom stereocenters. The summed E-state index contributed by atoms with van der Waals surface area (Å²) in [6, 6.07) is 9.55. The van der Waals surface area contributed by atoms with Crippen LogP contribution in [-0.2, 0) is 16.1 Å². The van der Waals surface area contributed by atoms with Gasteiger partial charge in [0.15, 0.2) is 0 Å². The van der Waals surface area contributed by atoms with Crippen LogP contribution >= 0.6 is 0 Å². The second-order valence-corrected chi connectivity index (χ2v) is 7.50. The van der Waals surface area contributed by atoms with E-state index >= 15 is 0 Å². The molecule has 2 rings (SSSR count). The first-order valence-corrected chi connectivity index (χ1v) is 8.70. The standard InChI is InChI=1S/C19H28N2O4/c1-14-12-21(18(23)25-19(2,3)4)11-10-16(14)20-17(22)24-13-15-8-6-5-7-9-15/h5-9,14,16H,10-13H2,1-4H3,(H,20,22)/t14-,16-/m1/s1. The summed E-state index contributed by atoms with van der Waals surface area (Å²) in [6.45, 7) is 8.93. The Hall–Kier alpha value is -2.24. The SMILES string of the molecule is C[C@@H]1CN(C(=O)OC(C)(C)C)CC[C@H]1NC(=O)OCc1ccccc1. The molecule has 1 aliphatic rings. The highest BCUT2D eigenvalue weighted by atomic mass is 16.6. The predicted molar refractivity (Wildman–Crippen MR) is 95.1 cm³/mol. The summed E-state index contributed by atoms with van der Waals surface area (Å²) in [5.41, 5.74) is 0.446. The second-order valence-electron chi connectivity index (χ2n) is 7.50. The lowest BCUT2D eigenvalue weighted by atomic mass is 9.94. The molecule has 25 heavy (non-hydrogen) atoms. The molecular formula is C19H28N2O4. The summed E-state index contributed by atoms with van der Waals surface area (Å²) < 4.78 is 10.7. The second kappa shape index (κ2) is 8.23. The van der Waals surface area contributed by atoms with Crippen LogP contribution in [0, 0.1) is 5.92 Å². The highest BCUT2D eigenvalue weighted by molar-refractivity contribution is 5.69. The highest BCUT2D eigenvalue weighted by Gasteiger charge is 2.32. The molecule has 138 valence electrons. The molecule has 1 aliphatic heterocycles. The van der Waals surface area contributed by atoms with E-state index < -0.39 is 11.7 Å². The maximum atomic E-state index is 12.1. The van der Waals surface area contributed by atoms with Crippen LogP contribution < -0.4 is 5.32 Å². The molecule has 0 radical (unpaired) electrons. The number of ether oxygens (including phenoxy) is 2. The Labute approximate surface area is 149 Å². The van der Waals surface area contributed by atoms with Crippen molar-refractivity contribution in [1.82, 2.24) is 10.2 Å². The molecule has 6 nitrogen and oxygen atoms in total. The minimum atomic E-state index is -0.503. The molecule has 1 aromatic rings. The van der Waals surface area contributed by atoms with Gasteiger partial charge in [0.05, 0.1) is 0 Å². The quantitative estimate of drug-likeness (QED) is 0.907. The Kier molecular flexibility index (Phi) is 6.28. The Morgan fingerprint density at radius 2 is 1.92 bits per heavy atom. The number of nitrogens with zero attached hydrogens (tertiary/aromatic N) is 1. The fourth-order valence-electron chi connectivity index (χ4n) is 2.77. The Balaban J connectivity index is 1.77. The number of benzene rings is 1. The summed E-state index contributed by atoms with van der Waals surface area (Å²) >= 11 is 0. The molecule has 2 amide bonds. The zero-order valence-corrected chi connectivity index (χ0v) is 15.5. The highest BCUT2D eigenvalue weighted by Crippen LogP contribution is 2.19. The van der Waals surface area contributed by atoms with Gasteiger partial charge in [0, 0.05) is 19.1 Å². The predicted octanol–water partition coefficient (Wildman–Crippen LogP) is 3.56. The van der Waals surface area contributed by atoms with Gasteiger partial charge in [-0.2, -0.15) is 0 Å². The topological polar surface area (TPSA) is 67.9 Å². The normalized spacial score (nSPS) is 20.7. The van der Waals surface area contributed by atoms with E-state index in [4.69, 9.17) is 9.47 Å². The largest absolute Gasteiger partial charge is 0.445 e. The van der Waals surface area contributed by atoms with Gasteiger partial charge in [0.1, 0.15) is 12.2 Å². The first-order chi connectivity index (χ1) is 11.7. The number of rotatable bonds is 3. The van der Waals surface area contributed by atoms with Crippen molar-refractivity contribution >= 4 is 12.2 Å². The summed E-state index contributed by atoms with van der Waals surface area (Å²) in [4.78, 5) is 25.8. The first kappa shape index (κ1) is 19.1. The average molecular weight is 348 g/mol. The number of hydrogen-bond acceptors (Lipinski definition) is 4. The Morgan fingerprint density at radius 3 is 2.52 bits per heavy atom. The van der Waals surface area contributed by atoms with Gasteiger partial charge in [0.2, 0.25) is 0 Å². The van der Waals surface area contributed by atoms with Gasteiger partial charge >= 0.3 is 12.2 Å². The van der Waals surface area contributed by atoms with Crippen LogP contribution in [-0.4, -0.2) is 41.8 Å². The number of piperidine rings is 1. The molecular weight excluding hydrogens is 320 g/mol. The van der Waals surface area contributed by atoms with Crippen molar-refractivity contribution in [1.29, 1.82) is 0 Å². The lowest BCUT2D eigenvalue weighted by molar-refractivity contribution is 0.0143. The van der Waals surface area contributed by atoms with E-state index in [1.54, 1.807) is 4.90 Å². The molecule has 1 saturated heterocycles. The van der Waals surface area contributed by atoms with Crippen LogP contribution in [0.5, 0.6) is 0 Å². The van der Waals surface area contributed by atoms with E-state index in [0.717, 1.165) is 5.56 Å². The van der Waals surface area contributed by atoms with Gasteiger partial charge in [-0.15, -0.1) is 0 Å². The third-order valence-corrected chi connectivity index (χ3v) is 4.07. The average Bonchev–Trinajstić information content (AvgIpc) is 2.54. The third-order valence-electron chi connectivity index (χ3n) is 4.07. The number of carbonyl (C=O) groups is 2. The van der Waals surface area contributed by atoms with Crippen LogP contribution in [0.25, 0.3) is 0 Å². The molecule has 2 atom stereocenters. The molecule has 1 aromatic carbocycles. The zero-order chi connectivity index (χ0) is 18.4. The van der Waals surface area contributed by atoms with Gasteiger partial charge < -0.3 is 19.7 Å². The molecule has 1 heterocycles. The Bertz CT molecular complexity index is 583. The number of hydrogen-bond donors (Lipinski definition) is 1. The Morgan fingerprint density at radius 1 is 1.24 bits per heavy atom. The van der Waals surface area contributed by atoms with Crippen molar-refractivity contribution in [2.24, 2.45) is 5.92 Å². The monoisotopic (exact) mass is 348 g/mol. The fourth-order valence-corrected chi connectivity index (χ4v) is 2.77. The van der Waals surface area contributed by atoms with E-state index in [9.17, 15) is 9.59 Å². The number of nitrogens with one attached hydrogen (secondary N) is 1. The van der Waals surface area contributed by atoms with E-state index in [0.29, 0.717) is 19.5 Å². The fraction of sp³-hybridized carbons (Fsp3) is 0.579. The maximum Gasteiger partial charge on any atom is 0.410 e. The van der Waals surface area contributed by atoms with E-state index in [1.807, 2.05) is 58.0 Å². The maximum absolute atomic E-state index is 12.1. The van der Waals surface area contributed by atoms with Crippen molar-refractivity contribution in [3.05, 3.63) is 35.9 Å². The molecule has 1 N–H and O–H groups in total. The van der Waals surface area contributed by atoms with Crippen LogP contribution in [0.1, 0.15) is 39.7 Å². The smallest absolute Gasteiger partial charge is 0.410 e. The van der Waals surface area contributed by atoms with Crippen LogP contribution in [0.4, 0.5) is 9.59 Å².